The minimum Gasteiger partial charge on any atom is -0.468 e. The molecule has 2 rings (SSSR count). The number of methoxy groups -OCH3 is 1. The van der Waals surface area contributed by atoms with Crippen LogP contribution in [-0.2, 0) is 14.3 Å². The van der Waals surface area contributed by atoms with Gasteiger partial charge in [0.15, 0.2) is 0 Å². The quantitative estimate of drug-likeness (QED) is 0.625. The van der Waals surface area contributed by atoms with Gasteiger partial charge in [-0.3, -0.25) is 9.59 Å². The number of thioether (sulfide) groups is 1. The molecule has 0 saturated carbocycles. The van der Waals surface area contributed by atoms with Gasteiger partial charge in [-0.2, -0.15) is 0 Å². The highest BCUT2D eigenvalue weighted by Crippen LogP contribution is 2.20. The summed E-state index contributed by atoms with van der Waals surface area (Å²) in [6.07, 6.45) is 2.97. The Bertz CT molecular complexity index is 608. The Morgan fingerprint density at radius 2 is 2.27 bits per heavy atom. The fraction of sp³-hybridized carbons (Fsp3) is 0.333. The molecule has 0 aromatic heterocycles. The van der Waals surface area contributed by atoms with Gasteiger partial charge in [-0.05, 0) is 23.8 Å². The predicted octanol–water partition coefficient (Wildman–Crippen LogP) is 2.61. The highest BCUT2D eigenvalue weighted by Gasteiger charge is 2.28. The number of esters is 1. The van der Waals surface area contributed by atoms with Crippen molar-refractivity contribution in [1.82, 2.24) is 4.90 Å². The van der Waals surface area contributed by atoms with Crippen LogP contribution in [0.2, 0.25) is 5.02 Å². The molecule has 0 spiro atoms. The van der Waals surface area contributed by atoms with Crippen molar-refractivity contribution in [3.05, 3.63) is 40.7 Å². The molecule has 7 heteroatoms. The zero-order valence-electron chi connectivity index (χ0n) is 11.9. The van der Waals surface area contributed by atoms with Crippen molar-refractivity contribution in [2.45, 2.75) is 5.25 Å². The number of rotatable bonds is 3. The molecule has 1 amide bonds. The molecule has 0 bridgehead atoms. The molecule has 4 nitrogen and oxygen atoms in total. The van der Waals surface area contributed by atoms with E-state index in [1.165, 1.54) is 43.1 Å². The zero-order chi connectivity index (χ0) is 16.1. The van der Waals surface area contributed by atoms with Crippen LogP contribution >= 0.6 is 23.4 Å². The van der Waals surface area contributed by atoms with Crippen LogP contribution in [-0.4, -0.2) is 48.0 Å². The van der Waals surface area contributed by atoms with Crippen LogP contribution in [0.3, 0.4) is 0 Å². The van der Waals surface area contributed by atoms with Gasteiger partial charge in [0.25, 0.3) is 0 Å². The maximum atomic E-state index is 13.1. The van der Waals surface area contributed by atoms with Crippen LogP contribution in [0.4, 0.5) is 4.39 Å². The van der Waals surface area contributed by atoms with Crippen molar-refractivity contribution in [1.29, 1.82) is 0 Å². The predicted molar refractivity (Wildman–Crippen MR) is 85.3 cm³/mol. The van der Waals surface area contributed by atoms with E-state index in [9.17, 15) is 14.0 Å². The van der Waals surface area contributed by atoms with Crippen molar-refractivity contribution in [3.63, 3.8) is 0 Å². The fourth-order valence-corrected chi connectivity index (χ4v) is 3.33. The van der Waals surface area contributed by atoms with Crippen molar-refractivity contribution in [3.8, 4) is 0 Å². The van der Waals surface area contributed by atoms with Crippen LogP contribution in [0, 0.1) is 5.82 Å². The Labute approximate surface area is 137 Å². The van der Waals surface area contributed by atoms with Crippen LogP contribution < -0.4 is 0 Å². The molecule has 1 aliphatic heterocycles. The van der Waals surface area contributed by atoms with Gasteiger partial charge < -0.3 is 9.64 Å². The van der Waals surface area contributed by atoms with Gasteiger partial charge in [0.2, 0.25) is 5.91 Å². The van der Waals surface area contributed by atoms with E-state index in [4.69, 9.17) is 16.3 Å². The number of hydrogen-bond acceptors (Lipinski definition) is 4. The second kappa shape index (κ2) is 7.65. The lowest BCUT2D eigenvalue weighted by atomic mass is 10.2. The standard InChI is InChI=1S/C15H15ClFNO3S/c1-21-15(20)13-9-18(6-7-22-13)14(19)5-3-10-2-4-12(17)11(16)8-10/h2-5,8,13H,6-7,9H2,1H3/b5-3+/t13-/m0/s1. The number of ether oxygens (including phenoxy) is 1. The number of amides is 1. The van der Waals surface area contributed by atoms with Gasteiger partial charge in [-0.15, -0.1) is 11.8 Å². The van der Waals surface area contributed by atoms with Crippen LogP contribution in [0.1, 0.15) is 5.56 Å². The van der Waals surface area contributed by atoms with Crippen molar-refractivity contribution < 1.29 is 18.7 Å². The molecule has 0 aliphatic carbocycles. The second-order valence-electron chi connectivity index (χ2n) is 4.67. The lowest BCUT2D eigenvalue weighted by Gasteiger charge is -2.30. The summed E-state index contributed by atoms with van der Waals surface area (Å²) in [6.45, 7) is 0.899. The van der Waals surface area contributed by atoms with E-state index >= 15 is 0 Å². The topological polar surface area (TPSA) is 46.6 Å². The highest BCUT2D eigenvalue weighted by atomic mass is 35.5. The van der Waals surface area contributed by atoms with E-state index in [2.05, 4.69) is 0 Å². The molecule has 0 N–H and O–H groups in total. The minimum absolute atomic E-state index is 0.00901. The van der Waals surface area contributed by atoms with Crippen LogP contribution in [0.15, 0.2) is 24.3 Å². The summed E-state index contributed by atoms with van der Waals surface area (Å²) in [6, 6.07) is 4.23. The van der Waals surface area contributed by atoms with Gasteiger partial charge in [-0.25, -0.2) is 4.39 Å². The first kappa shape index (κ1) is 16.8. The van der Waals surface area contributed by atoms with Crippen molar-refractivity contribution in [2.75, 3.05) is 26.0 Å². The third kappa shape index (κ3) is 4.24. The monoisotopic (exact) mass is 343 g/mol. The van der Waals surface area contributed by atoms with E-state index in [0.29, 0.717) is 24.4 Å². The van der Waals surface area contributed by atoms with E-state index in [-0.39, 0.29) is 22.1 Å². The number of halogens is 2. The van der Waals surface area contributed by atoms with E-state index in [1.807, 2.05) is 0 Å². The maximum Gasteiger partial charge on any atom is 0.320 e. The molecule has 0 radical (unpaired) electrons. The summed E-state index contributed by atoms with van der Waals surface area (Å²) in [7, 11) is 1.34. The smallest absolute Gasteiger partial charge is 0.320 e. The van der Waals surface area contributed by atoms with Crippen LogP contribution in [0.5, 0.6) is 0 Å². The largest absolute Gasteiger partial charge is 0.468 e. The molecule has 1 aromatic rings. The molecule has 0 unspecified atom stereocenters. The summed E-state index contributed by atoms with van der Waals surface area (Å²) in [5.74, 6) is -0.340. The lowest BCUT2D eigenvalue weighted by Crippen LogP contribution is -2.44. The zero-order valence-corrected chi connectivity index (χ0v) is 13.5. The number of benzene rings is 1. The molecule has 118 valence electrons. The van der Waals surface area contributed by atoms with Gasteiger partial charge in [-0.1, -0.05) is 17.7 Å². The molecule has 1 atom stereocenters. The van der Waals surface area contributed by atoms with Gasteiger partial charge in [0, 0.05) is 24.9 Å². The summed E-state index contributed by atoms with van der Waals surface area (Å²) in [5, 5.41) is -0.342. The Morgan fingerprint density at radius 1 is 1.50 bits per heavy atom. The van der Waals surface area contributed by atoms with Crippen molar-refractivity contribution in [2.24, 2.45) is 0 Å². The second-order valence-corrected chi connectivity index (χ2v) is 6.39. The maximum absolute atomic E-state index is 13.1. The number of carbonyl (C=O) groups is 2. The molecular weight excluding hydrogens is 329 g/mol. The van der Waals surface area contributed by atoms with Gasteiger partial charge in [0.05, 0.1) is 12.1 Å². The summed E-state index contributed by atoms with van der Waals surface area (Å²) < 4.78 is 17.8. The van der Waals surface area contributed by atoms with Gasteiger partial charge in [0.1, 0.15) is 11.1 Å². The Kier molecular flexibility index (Phi) is 5.85. The fourth-order valence-electron chi connectivity index (χ4n) is 2.01. The highest BCUT2D eigenvalue weighted by molar-refractivity contribution is 8.00. The lowest BCUT2D eigenvalue weighted by molar-refractivity contribution is -0.140. The number of nitrogens with zero attached hydrogens (tertiary/aromatic N) is 1. The molecular formula is C15H15ClFNO3S. The van der Waals surface area contributed by atoms with E-state index in [0.717, 1.165) is 0 Å². The molecule has 1 saturated heterocycles. The first-order valence-electron chi connectivity index (χ1n) is 6.62. The normalized spacial score (nSPS) is 18.5. The average molecular weight is 344 g/mol. The van der Waals surface area contributed by atoms with E-state index < -0.39 is 5.82 Å². The first-order chi connectivity index (χ1) is 10.5. The Morgan fingerprint density at radius 3 is 2.95 bits per heavy atom. The molecule has 1 aliphatic rings. The minimum atomic E-state index is -0.501. The molecule has 1 fully saturated rings. The van der Waals surface area contributed by atoms with Crippen molar-refractivity contribution >= 4 is 41.3 Å². The molecule has 1 heterocycles. The Balaban J connectivity index is 2.00. The summed E-state index contributed by atoms with van der Waals surface area (Å²) >= 11 is 7.17. The van der Waals surface area contributed by atoms with E-state index in [1.54, 1.807) is 11.0 Å². The Hall–Kier alpha value is -1.53. The van der Waals surface area contributed by atoms with Gasteiger partial charge >= 0.3 is 5.97 Å². The molecule has 22 heavy (non-hydrogen) atoms. The molecule has 1 aromatic carbocycles. The number of carbonyl (C=O) groups excluding carboxylic acids is 2. The summed E-state index contributed by atoms with van der Waals surface area (Å²) in [5.41, 5.74) is 0.635. The average Bonchev–Trinajstić information content (AvgIpc) is 2.55. The van der Waals surface area contributed by atoms with Crippen LogP contribution in [0.25, 0.3) is 6.08 Å². The first-order valence-corrected chi connectivity index (χ1v) is 8.05. The SMILES string of the molecule is COC(=O)[C@@H]1CN(C(=O)/C=C/c2ccc(F)c(Cl)c2)CCS1. The summed E-state index contributed by atoms with van der Waals surface area (Å²) in [4.78, 5) is 25.3. The number of hydrogen-bond donors (Lipinski definition) is 0. The third-order valence-electron chi connectivity index (χ3n) is 3.20. The third-order valence-corrected chi connectivity index (χ3v) is 4.66.